The minimum atomic E-state index is 0.738. The lowest BCUT2D eigenvalue weighted by atomic mass is 10.0. The molecule has 0 amide bonds. The van der Waals surface area contributed by atoms with Crippen molar-refractivity contribution in [3.8, 4) is 22.4 Å². The van der Waals surface area contributed by atoms with E-state index in [2.05, 4.69) is 48.3 Å². The van der Waals surface area contributed by atoms with Crippen LogP contribution in [0.1, 0.15) is 12.7 Å². The quantitative estimate of drug-likeness (QED) is 0.782. The molecule has 1 heterocycles. The lowest BCUT2D eigenvalue weighted by molar-refractivity contribution is 0.739. The first kappa shape index (κ1) is 13.4. The van der Waals surface area contributed by atoms with E-state index in [0.717, 1.165) is 29.4 Å². The summed E-state index contributed by atoms with van der Waals surface area (Å²) in [6.07, 6.45) is 0. The summed E-state index contributed by atoms with van der Waals surface area (Å²) < 4.78 is 2.03. The second-order valence-corrected chi connectivity index (χ2v) is 5.08. The van der Waals surface area contributed by atoms with Crippen LogP contribution in [-0.2, 0) is 6.54 Å². The smallest absolute Gasteiger partial charge is 0.131 e. The fourth-order valence-electron chi connectivity index (χ4n) is 2.64. The summed E-state index contributed by atoms with van der Waals surface area (Å²) in [6, 6.07) is 18.7. The molecule has 0 saturated carbocycles. The minimum absolute atomic E-state index is 0.738. The number of hydrogen-bond donors (Lipinski definition) is 1. The minimum Gasteiger partial charge on any atom is -0.383 e. The zero-order chi connectivity index (χ0) is 14.8. The Hall–Kier alpha value is -2.55. The normalized spacial score (nSPS) is 10.8. The summed E-state index contributed by atoms with van der Waals surface area (Å²) in [5.41, 5.74) is 10.5. The van der Waals surface area contributed by atoms with Crippen molar-refractivity contribution >= 4 is 5.82 Å². The van der Waals surface area contributed by atoms with Crippen molar-refractivity contribution in [1.29, 1.82) is 0 Å². The van der Waals surface area contributed by atoms with E-state index in [1.165, 1.54) is 11.1 Å². The van der Waals surface area contributed by atoms with Gasteiger partial charge in [0, 0.05) is 12.1 Å². The number of benzene rings is 2. The monoisotopic (exact) mass is 277 g/mol. The Labute approximate surface area is 125 Å². The highest BCUT2D eigenvalue weighted by Crippen LogP contribution is 2.28. The SMILES string of the molecule is CCn1c(C)nc(-c2ccc(-c3ccccc3)cc2)c1N. The molecular weight excluding hydrogens is 258 g/mol. The molecule has 21 heavy (non-hydrogen) atoms. The van der Waals surface area contributed by atoms with Crippen LogP contribution in [0, 0.1) is 6.92 Å². The van der Waals surface area contributed by atoms with Crippen molar-refractivity contribution in [1.82, 2.24) is 9.55 Å². The highest BCUT2D eigenvalue weighted by molar-refractivity contribution is 5.74. The van der Waals surface area contributed by atoms with Crippen molar-refractivity contribution in [2.45, 2.75) is 20.4 Å². The van der Waals surface area contributed by atoms with Gasteiger partial charge in [0.15, 0.2) is 0 Å². The molecule has 106 valence electrons. The van der Waals surface area contributed by atoms with Gasteiger partial charge in [-0.05, 0) is 25.0 Å². The average molecular weight is 277 g/mol. The highest BCUT2D eigenvalue weighted by Gasteiger charge is 2.12. The van der Waals surface area contributed by atoms with Crippen LogP contribution in [-0.4, -0.2) is 9.55 Å². The Morgan fingerprint density at radius 1 is 0.905 bits per heavy atom. The van der Waals surface area contributed by atoms with Gasteiger partial charge in [-0.1, -0.05) is 54.6 Å². The van der Waals surface area contributed by atoms with Gasteiger partial charge in [0.05, 0.1) is 0 Å². The molecule has 0 aliphatic rings. The molecule has 0 aliphatic carbocycles. The molecule has 0 unspecified atom stereocenters. The lowest BCUT2D eigenvalue weighted by Crippen LogP contribution is -2.02. The summed E-state index contributed by atoms with van der Waals surface area (Å²) in [4.78, 5) is 4.59. The van der Waals surface area contributed by atoms with Gasteiger partial charge in [-0.2, -0.15) is 0 Å². The first-order valence-electron chi connectivity index (χ1n) is 7.19. The predicted molar refractivity (Wildman–Crippen MR) is 87.9 cm³/mol. The summed E-state index contributed by atoms with van der Waals surface area (Å²) in [6.45, 7) is 4.90. The number of nitrogen functional groups attached to an aromatic ring is 1. The van der Waals surface area contributed by atoms with E-state index in [-0.39, 0.29) is 0 Å². The molecule has 0 bridgehead atoms. The Balaban J connectivity index is 1.98. The van der Waals surface area contributed by atoms with Gasteiger partial charge >= 0.3 is 0 Å². The maximum atomic E-state index is 6.20. The van der Waals surface area contributed by atoms with Gasteiger partial charge in [-0.3, -0.25) is 0 Å². The molecule has 2 aromatic carbocycles. The largest absolute Gasteiger partial charge is 0.383 e. The Kier molecular flexibility index (Phi) is 3.48. The molecule has 0 spiro atoms. The molecule has 3 rings (SSSR count). The molecule has 0 atom stereocenters. The van der Waals surface area contributed by atoms with Crippen LogP contribution in [0.15, 0.2) is 54.6 Å². The first-order valence-corrected chi connectivity index (χ1v) is 7.19. The third kappa shape index (κ3) is 2.42. The Morgan fingerprint density at radius 3 is 2.05 bits per heavy atom. The van der Waals surface area contributed by atoms with Crippen molar-refractivity contribution in [3.05, 3.63) is 60.4 Å². The summed E-state index contributed by atoms with van der Waals surface area (Å²) in [7, 11) is 0. The van der Waals surface area contributed by atoms with Crippen molar-refractivity contribution in [2.24, 2.45) is 0 Å². The van der Waals surface area contributed by atoms with Gasteiger partial charge in [-0.15, -0.1) is 0 Å². The fourth-order valence-corrected chi connectivity index (χ4v) is 2.64. The second-order valence-electron chi connectivity index (χ2n) is 5.08. The van der Waals surface area contributed by atoms with Crippen LogP contribution < -0.4 is 5.73 Å². The van der Waals surface area contributed by atoms with Gasteiger partial charge < -0.3 is 10.3 Å². The maximum Gasteiger partial charge on any atom is 0.131 e. The van der Waals surface area contributed by atoms with Gasteiger partial charge in [0.25, 0.3) is 0 Å². The summed E-state index contributed by atoms with van der Waals surface area (Å²) >= 11 is 0. The molecule has 0 radical (unpaired) electrons. The summed E-state index contributed by atoms with van der Waals surface area (Å²) in [5.74, 6) is 1.69. The lowest BCUT2D eigenvalue weighted by Gasteiger charge is -2.05. The average Bonchev–Trinajstić information content (AvgIpc) is 2.82. The number of aryl methyl sites for hydroxylation is 1. The summed E-state index contributed by atoms with van der Waals surface area (Å²) in [5, 5.41) is 0. The molecule has 3 heteroatoms. The van der Waals surface area contributed by atoms with E-state index in [9.17, 15) is 0 Å². The van der Waals surface area contributed by atoms with Crippen molar-refractivity contribution < 1.29 is 0 Å². The van der Waals surface area contributed by atoms with Crippen LogP contribution in [0.3, 0.4) is 0 Å². The van der Waals surface area contributed by atoms with E-state index in [0.29, 0.717) is 0 Å². The van der Waals surface area contributed by atoms with Crippen LogP contribution in [0.5, 0.6) is 0 Å². The number of aromatic nitrogens is 2. The number of anilines is 1. The van der Waals surface area contributed by atoms with E-state index in [1.807, 2.05) is 29.7 Å². The Bertz CT molecular complexity index is 740. The van der Waals surface area contributed by atoms with E-state index < -0.39 is 0 Å². The van der Waals surface area contributed by atoms with Crippen molar-refractivity contribution in [3.63, 3.8) is 0 Å². The molecule has 0 saturated heterocycles. The van der Waals surface area contributed by atoms with Gasteiger partial charge in [0.1, 0.15) is 17.3 Å². The molecule has 3 nitrogen and oxygen atoms in total. The number of nitrogens with two attached hydrogens (primary N) is 1. The molecule has 2 N–H and O–H groups in total. The number of rotatable bonds is 3. The molecule has 1 aromatic heterocycles. The van der Waals surface area contributed by atoms with Gasteiger partial charge in [-0.25, -0.2) is 4.98 Å². The highest BCUT2D eigenvalue weighted by atomic mass is 15.1. The maximum absolute atomic E-state index is 6.20. The third-order valence-electron chi connectivity index (χ3n) is 3.78. The first-order chi connectivity index (χ1) is 10.2. The van der Waals surface area contributed by atoms with Crippen LogP contribution in [0.2, 0.25) is 0 Å². The zero-order valence-electron chi connectivity index (χ0n) is 12.4. The number of nitrogens with zero attached hydrogens (tertiary/aromatic N) is 2. The second kappa shape index (κ2) is 5.44. The molecule has 0 fully saturated rings. The van der Waals surface area contributed by atoms with E-state index in [1.54, 1.807) is 0 Å². The van der Waals surface area contributed by atoms with E-state index in [4.69, 9.17) is 5.73 Å². The van der Waals surface area contributed by atoms with Crippen LogP contribution in [0.25, 0.3) is 22.4 Å². The molecule has 0 aliphatic heterocycles. The number of hydrogen-bond acceptors (Lipinski definition) is 2. The third-order valence-corrected chi connectivity index (χ3v) is 3.78. The van der Waals surface area contributed by atoms with Crippen LogP contribution >= 0.6 is 0 Å². The fraction of sp³-hybridized carbons (Fsp3) is 0.167. The zero-order valence-corrected chi connectivity index (χ0v) is 12.4. The molecule has 3 aromatic rings. The standard InChI is InChI=1S/C18H19N3/c1-3-21-13(2)20-17(18(21)19)16-11-9-15(10-12-16)14-7-5-4-6-8-14/h4-12H,3,19H2,1-2H3. The molecular formula is C18H19N3. The van der Waals surface area contributed by atoms with Crippen LogP contribution in [0.4, 0.5) is 5.82 Å². The van der Waals surface area contributed by atoms with E-state index >= 15 is 0 Å². The van der Waals surface area contributed by atoms with Crippen molar-refractivity contribution in [2.75, 3.05) is 5.73 Å². The number of imidazole rings is 1. The Morgan fingerprint density at radius 2 is 1.48 bits per heavy atom. The predicted octanol–water partition coefficient (Wildman–Crippen LogP) is 4.13. The van der Waals surface area contributed by atoms with Gasteiger partial charge in [0.2, 0.25) is 0 Å². The topological polar surface area (TPSA) is 43.8 Å².